The van der Waals surface area contributed by atoms with E-state index in [1.54, 1.807) is 0 Å². The largest absolute Gasteiger partial charge is 0.500 e. The van der Waals surface area contributed by atoms with Crippen molar-refractivity contribution in [2.24, 2.45) is 0 Å². The van der Waals surface area contributed by atoms with Crippen molar-refractivity contribution in [3.63, 3.8) is 0 Å². The standard InChI is InChI=1S/C20H28O11Si/c1-8-16(21)29-20(30-17(22)9-2,31-18(23)10-3)11-14-32(25-6,26-7)28-13-12-27-19(24)15(4)5/h8-10H,1-4,11-14H2,5-7H3. The second kappa shape index (κ2) is 14.1. The molecule has 0 atom stereocenters. The Morgan fingerprint density at radius 2 is 1.28 bits per heavy atom. The van der Waals surface area contributed by atoms with Gasteiger partial charge in [-0.25, -0.2) is 19.2 Å². The van der Waals surface area contributed by atoms with Gasteiger partial charge >= 0.3 is 38.7 Å². The van der Waals surface area contributed by atoms with Gasteiger partial charge in [0.15, 0.2) is 0 Å². The molecule has 32 heavy (non-hydrogen) atoms. The lowest BCUT2D eigenvalue weighted by Crippen LogP contribution is -2.50. The lowest BCUT2D eigenvalue weighted by molar-refractivity contribution is -0.325. The van der Waals surface area contributed by atoms with Crippen LogP contribution < -0.4 is 0 Å². The molecule has 0 heterocycles. The van der Waals surface area contributed by atoms with Gasteiger partial charge in [0.1, 0.15) is 6.61 Å². The lowest BCUT2D eigenvalue weighted by atomic mass is 10.4. The van der Waals surface area contributed by atoms with Crippen molar-refractivity contribution in [2.45, 2.75) is 25.4 Å². The number of carbonyl (C=O) groups is 4. The van der Waals surface area contributed by atoms with Gasteiger partial charge in [0, 0.05) is 44.1 Å². The summed E-state index contributed by atoms with van der Waals surface area (Å²) in [6.45, 7) is 14.5. The average molecular weight is 473 g/mol. The van der Waals surface area contributed by atoms with E-state index in [-0.39, 0.29) is 24.8 Å². The van der Waals surface area contributed by atoms with Crippen molar-refractivity contribution in [1.29, 1.82) is 0 Å². The summed E-state index contributed by atoms with van der Waals surface area (Å²) in [5.74, 6) is -6.25. The van der Waals surface area contributed by atoms with E-state index in [9.17, 15) is 19.2 Å². The highest BCUT2D eigenvalue weighted by atomic mass is 28.4. The third kappa shape index (κ3) is 9.83. The van der Waals surface area contributed by atoms with Gasteiger partial charge < -0.3 is 32.2 Å². The molecule has 0 radical (unpaired) electrons. The Morgan fingerprint density at radius 3 is 1.62 bits per heavy atom. The van der Waals surface area contributed by atoms with Crippen molar-refractivity contribution in [2.75, 3.05) is 27.4 Å². The van der Waals surface area contributed by atoms with Gasteiger partial charge in [-0.15, -0.1) is 0 Å². The highest BCUT2D eigenvalue weighted by Gasteiger charge is 2.49. The Hall–Kier alpha value is -3.06. The topological polar surface area (TPSA) is 133 Å². The lowest BCUT2D eigenvalue weighted by Gasteiger charge is -2.33. The molecule has 0 rings (SSSR count). The molecular formula is C20H28O11Si. The molecule has 0 bridgehead atoms. The summed E-state index contributed by atoms with van der Waals surface area (Å²) in [5, 5.41) is 0. The highest BCUT2D eigenvalue weighted by Crippen LogP contribution is 2.29. The number of ether oxygens (including phenoxy) is 4. The Balaban J connectivity index is 5.63. The van der Waals surface area contributed by atoms with Gasteiger partial charge in [-0.1, -0.05) is 26.3 Å². The molecule has 0 unspecified atom stereocenters. The smallest absolute Gasteiger partial charge is 0.460 e. The van der Waals surface area contributed by atoms with Gasteiger partial charge in [-0.3, -0.25) is 0 Å². The first-order chi connectivity index (χ1) is 15.0. The Bertz CT molecular complexity index is 685. The van der Waals surface area contributed by atoms with Crippen LogP contribution in [0.2, 0.25) is 6.04 Å². The van der Waals surface area contributed by atoms with Crippen LogP contribution in [-0.2, 0) is 51.4 Å². The van der Waals surface area contributed by atoms with Crippen LogP contribution in [0.15, 0.2) is 50.1 Å². The molecule has 0 spiro atoms. The first-order valence-corrected chi connectivity index (χ1v) is 11.1. The minimum absolute atomic E-state index is 0.106. The summed E-state index contributed by atoms with van der Waals surface area (Å²) in [7, 11) is -0.893. The van der Waals surface area contributed by atoms with Crippen molar-refractivity contribution in [3.05, 3.63) is 50.1 Å². The maximum absolute atomic E-state index is 11.8. The predicted octanol–water partition coefficient (Wildman–Crippen LogP) is 1.59. The second-order valence-electron chi connectivity index (χ2n) is 5.91. The Labute approximate surface area is 187 Å². The molecule has 11 nitrogen and oxygen atoms in total. The van der Waals surface area contributed by atoms with E-state index in [1.165, 1.54) is 21.1 Å². The van der Waals surface area contributed by atoms with E-state index in [0.717, 1.165) is 18.2 Å². The maximum atomic E-state index is 11.8. The van der Waals surface area contributed by atoms with Crippen LogP contribution in [0.3, 0.4) is 0 Å². The molecule has 0 saturated carbocycles. The molecule has 0 saturated heterocycles. The number of hydrogen-bond acceptors (Lipinski definition) is 11. The molecule has 0 aliphatic heterocycles. The normalized spacial score (nSPS) is 11.0. The fourth-order valence-electron chi connectivity index (χ4n) is 2.04. The molecule has 0 aromatic carbocycles. The molecule has 0 aromatic rings. The van der Waals surface area contributed by atoms with E-state index in [1.807, 2.05) is 0 Å². The minimum atomic E-state index is -3.50. The fourth-order valence-corrected chi connectivity index (χ4v) is 4.00. The van der Waals surface area contributed by atoms with Gasteiger partial charge in [-0.2, -0.15) is 0 Å². The maximum Gasteiger partial charge on any atom is 0.500 e. The van der Waals surface area contributed by atoms with Crippen LogP contribution in [0.5, 0.6) is 0 Å². The average Bonchev–Trinajstić information content (AvgIpc) is 2.78. The first kappa shape index (κ1) is 28.9. The van der Waals surface area contributed by atoms with Gasteiger partial charge in [0.05, 0.1) is 13.0 Å². The van der Waals surface area contributed by atoms with Gasteiger partial charge in [0.2, 0.25) is 0 Å². The summed E-state index contributed by atoms with van der Waals surface area (Å²) in [5.41, 5.74) is 0.217. The highest BCUT2D eigenvalue weighted by molar-refractivity contribution is 6.60. The van der Waals surface area contributed by atoms with Crippen LogP contribution in [0.25, 0.3) is 0 Å². The second-order valence-corrected chi connectivity index (χ2v) is 8.89. The number of rotatable bonds is 16. The molecule has 0 aliphatic rings. The summed E-state index contributed by atoms with van der Waals surface area (Å²) in [6, 6.07) is -0.159. The number of carbonyl (C=O) groups excluding carboxylic acids is 4. The van der Waals surface area contributed by atoms with E-state index in [2.05, 4.69) is 26.3 Å². The quantitative estimate of drug-likeness (QED) is 0.107. The van der Waals surface area contributed by atoms with E-state index < -0.39 is 45.1 Å². The zero-order chi connectivity index (χ0) is 24.8. The molecule has 0 fully saturated rings. The van der Waals surface area contributed by atoms with Crippen LogP contribution in [-0.4, -0.2) is 66.1 Å². The van der Waals surface area contributed by atoms with E-state index >= 15 is 0 Å². The molecule has 12 heteroatoms. The molecule has 0 aromatic heterocycles. The van der Waals surface area contributed by atoms with E-state index in [0.29, 0.717) is 0 Å². The monoisotopic (exact) mass is 472 g/mol. The van der Waals surface area contributed by atoms with Gasteiger partial charge in [0.25, 0.3) is 0 Å². The Morgan fingerprint density at radius 1 is 0.844 bits per heavy atom. The number of esters is 4. The SMILES string of the molecule is C=CC(=O)OC(CC[Si](OC)(OC)OCCOC(=O)C(=C)C)(OC(=O)C=C)OC(=O)C=C. The number of hydrogen-bond donors (Lipinski definition) is 0. The summed E-state index contributed by atoms with van der Waals surface area (Å²) < 4.78 is 36.5. The van der Waals surface area contributed by atoms with Crippen LogP contribution in [0.1, 0.15) is 13.3 Å². The van der Waals surface area contributed by atoms with Crippen molar-refractivity contribution >= 4 is 32.7 Å². The van der Waals surface area contributed by atoms with Crippen LogP contribution in [0.4, 0.5) is 0 Å². The molecular weight excluding hydrogens is 444 g/mol. The molecule has 0 N–H and O–H groups in total. The van der Waals surface area contributed by atoms with Crippen molar-refractivity contribution < 1.29 is 51.4 Å². The van der Waals surface area contributed by atoms with Crippen LogP contribution in [0, 0.1) is 0 Å². The molecule has 0 amide bonds. The minimum Gasteiger partial charge on any atom is -0.460 e. The van der Waals surface area contributed by atoms with Crippen molar-refractivity contribution in [3.8, 4) is 0 Å². The summed E-state index contributed by atoms with van der Waals surface area (Å²) in [4.78, 5) is 47.0. The molecule has 0 aliphatic carbocycles. The zero-order valence-electron chi connectivity index (χ0n) is 18.4. The predicted molar refractivity (Wildman–Crippen MR) is 113 cm³/mol. The first-order valence-electron chi connectivity index (χ1n) is 9.15. The zero-order valence-corrected chi connectivity index (χ0v) is 19.4. The van der Waals surface area contributed by atoms with Crippen molar-refractivity contribution in [1.82, 2.24) is 0 Å². The third-order valence-corrected chi connectivity index (χ3v) is 6.36. The molecule has 178 valence electrons. The van der Waals surface area contributed by atoms with Crippen LogP contribution >= 0.6 is 0 Å². The summed E-state index contributed by atoms with van der Waals surface area (Å²) in [6.07, 6.45) is 1.90. The third-order valence-electron chi connectivity index (χ3n) is 3.61. The Kier molecular flexibility index (Phi) is 12.7. The van der Waals surface area contributed by atoms with E-state index in [4.69, 9.17) is 32.2 Å². The van der Waals surface area contributed by atoms with Gasteiger partial charge in [-0.05, 0) is 6.92 Å². The fraction of sp³-hybridized carbons (Fsp3) is 0.400. The summed E-state index contributed by atoms with van der Waals surface area (Å²) >= 11 is 0.